The van der Waals surface area contributed by atoms with Crippen LogP contribution in [-0.2, 0) is 4.79 Å². The smallest absolute Gasteiger partial charge is 0.223 e. The molecule has 4 atom stereocenters. The average molecular weight is 283 g/mol. The molecule has 3 aliphatic rings. The molecule has 1 amide bonds. The zero-order valence-corrected chi connectivity index (χ0v) is 12.8. The first-order valence-corrected chi connectivity index (χ1v) is 8.57. The third-order valence-electron chi connectivity index (χ3n) is 5.90. The molecule has 0 aliphatic heterocycles. The van der Waals surface area contributed by atoms with E-state index in [4.69, 9.17) is 0 Å². The molecule has 4 rings (SSSR count). The van der Waals surface area contributed by atoms with E-state index >= 15 is 0 Å². The SMILES string of the molecule is Cc1ccc(C(NC(=O)C2CC3CCC2C3)C2CC2)cc1. The Morgan fingerprint density at radius 2 is 1.86 bits per heavy atom. The number of nitrogens with one attached hydrogen (secondary N) is 1. The summed E-state index contributed by atoms with van der Waals surface area (Å²) in [4.78, 5) is 12.7. The number of carbonyl (C=O) groups is 1. The van der Waals surface area contributed by atoms with Crippen molar-refractivity contribution in [3.63, 3.8) is 0 Å². The van der Waals surface area contributed by atoms with Crippen molar-refractivity contribution in [2.24, 2.45) is 23.7 Å². The van der Waals surface area contributed by atoms with Crippen LogP contribution in [0.2, 0.25) is 0 Å². The average Bonchev–Trinajstić information content (AvgIpc) is 3.11. The Kier molecular flexibility index (Phi) is 3.28. The maximum atomic E-state index is 12.7. The summed E-state index contributed by atoms with van der Waals surface area (Å²) in [5, 5.41) is 3.40. The molecular weight excluding hydrogens is 258 g/mol. The van der Waals surface area contributed by atoms with E-state index in [0.717, 1.165) is 12.3 Å². The molecule has 21 heavy (non-hydrogen) atoms. The van der Waals surface area contributed by atoms with Gasteiger partial charge in [0.15, 0.2) is 0 Å². The van der Waals surface area contributed by atoms with Gasteiger partial charge in [-0.05, 0) is 62.3 Å². The van der Waals surface area contributed by atoms with Crippen molar-refractivity contribution in [3.8, 4) is 0 Å². The molecule has 1 N–H and O–H groups in total. The van der Waals surface area contributed by atoms with Crippen LogP contribution in [-0.4, -0.2) is 5.91 Å². The Labute approximate surface area is 127 Å². The monoisotopic (exact) mass is 283 g/mol. The summed E-state index contributed by atoms with van der Waals surface area (Å²) in [5.74, 6) is 2.81. The van der Waals surface area contributed by atoms with Crippen molar-refractivity contribution in [1.82, 2.24) is 5.32 Å². The second-order valence-electron chi connectivity index (χ2n) is 7.52. The van der Waals surface area contributed by atoms with Gasteiger partial charge >= 0.3 is 0 Å². The van der Waals surface area contributed by atoms with Crippen LogP contribution >= 0.6 is 0 Å². The summed E-state index contributed by atoms with van der Waals surface area (Å²) < 4.78 is 0. The Balaban J connectivity index is 1.47. The fraction of sp³-hybridized carbons (Fsp3) is 0.632. The molecule has 2 heteroatoms. The molecule has 0 heterocycles. The molecule has 2 bridgehead atoms. The van der Waals surface area contributed by atoms with Gasteiger partial charge in [0.25, 0.3) is 0 Å². The van der Waals surface area contributed by atoms with Crippen molar-refractivity contribution in [3.05, 3.63) is 35.4 Å². The van der Waals surface area contributed by atoms with Gasteiger partial charge in [0.1, 0.15) is 0 Å². The number of fused-ring (bicyclic) bond motifs is 2. The van der Waals surface area contributed by atoms with Gasteiger partial charge in [-0.15, -0.1) is 0 Å². The number of carbonyl (C=O) groups excluding carboxylic acids is 1. The highest BCUT2D eigenvalue weighted by atomic mass is 16.2. The molecule has 112 valence electrons. The number of hydrogen-bond donors (Lipinski definition) is 1. The fourth-order valence-corrected chi connectivity index (χ4v) is 4.50. The van der Waals surface area contributed by atoms with E-state index in [1.54, 1.807) is 0 Å². The normalized spacial score (nSPS) is 32.1. The number of rotatable bonds is 4. The minimum atomic E-state index is 0.247. The Morgan fingerprint density at radius 3 is 2.43 bits per heavy atom. The van der Waals surface area contributed by atoms with Gasteiger partial charge in [0, 0.05) is 5.92 Å². The van der Waals surface area contributed by atoms with Gasteiger partial charge in [-0.2, -0.15) is 0 Å². The molecule has 2 nitrogen and oxygen atoms in total. The Hall–Kier alpha value is -1.31. The van der Waals surface area contributed by atoms with Crippen molar-refractivity contribution >= 4 is 5.91 Å². The van der Waals surface area contributed by atoms with E-state index in [2.05, 4.69) is 36.5 Å². The Morgan fingerprint density at radius 1 is 1.10 bits per heavy atom. The molecule has 4 unspecified atom stereocenters. The maximum absolute atomic E-state index is 12.7. The minimum Gasteiger partial charge on any atom is -0.349 e. The lowest BCUT2D eigenvalue weighted by Gasteiger charge is -2.25. The first-order chi connectivity index (χ1) is 10.2. The lowest BCUT2D eigenvalue weighted by molar-refractivity contribution is -0.127. The third-order valence-corrected chi connectivity index (χ3v) is 5.90. The van der Waals surface area contributed by atoms with Gasteiger partial charge in [0.05, 0.1) is 6.04 Å². The van der Waals surface area contributed by atoms with Gasteiger partial charge in [-0.25, -0.2) is 0 Å². The van der Waals surface area contributed by atoms with Gasteiger partial charge in [-0.1, -0.05) is 36.2 Å². The van der Waals surface area contributed by atoms with Crippen molar-refractivity contribution in [2.75, 3.05) is 0 Å². The maximum Gasteiger partial charge on any atom is 0.223 e. The predicted octanol–water partition coefficient (Wildman–Crippen LogP) is 4.00. The topological polar surface area (TPSA) is 29.1 Å². The molecule has 1 aromatic rings. The molecule has 0 spiro atoms. The molecule has 1 aromatic carbocycles. The second kappa shape index (κ2) is 5.15. The molecule has 3 aliphatic carbocycles. The minimum absolute atomic E-state index is 0.247. The lowest BCUT2D eigenvalue weighted by atomic mass is 9.87. The van der Waals surface area contributed by atoms with Gasteiger partial charge in [0.2, 0.25) is 5.91 Å². The van der Waals surface area contributed by atoms with Crippen LogP contribution in [0, 0.1) is 30.6 Å². The zero-order chi connectivity index (χ0) is 14.4. The largest absolute Gasteiger partial charge is 0.349 e. The van der Waals surface area contributed by atoms with E-state index in [0.29, 0.717) is 23.7 Å². The van der Waals surface area contributed by atoms with Crippen LogP contribution in [0.1, 0.15) is 55.7 Å². The van der Waals surface area contributed by atoms with Crippen LogP contribution in [0.25, 0.3) is 0 Å². The van der Waals surface area contributed by atoms with Crippen molar-refractivity contribution < 1.29 is 4.79 Å². The van der Waals surface area contributed by atoms with Gasteiger partial charge in [-0.3, -0.25) is 4.79 Å². The highest BCUT2D eigenvalue weighted by molar-refractivity contribution is 5.80. The van der Waals surface area contributed by atoms with E-state index in [1.165, 1.54) is 43.2 Å². The zero-order valence-electron chi connectivity index (χ0n) is 12.8. The van der Waals surface area contributed by atoms with Crippen LogP contribution in [0.5, 0.6) is 0 Å². The van der Waals surface area contributed by atoms with Crippen LogP contribution in [0.3, 0.4) is 0 Å². The molecule has 3 saturated carbocycles. The van der Waals surface area contributed by atoms with Crippen LogP contribution in [0.4, 0.5) is 0 Å². The lowest BCUT2D eigenvalue weighted by Crippen LogP contribution is -2.37. The van der Waals surface area contributed by atoms with E-state index in [-0.39, 0.29) is 6.04 Å². The Bertz CT molecular complexity index is 531. The first-order valence-electron chi connectivity index (χ1n) is 8.57. The van der Waals surface area contributed by atoms with Crippen molar-refractivity contribution in [2.45, 2.75) is 51.5 Å². The summed E-state index contributed by atoms with van der Waals surface area (Å²) in [6.45, 7) is 2.11. The predicted molar refractivity (Wildman–Crippen MR) is 83.7 cm³/mol. The summed E-state index contributed by atoms with van der Waals surface area (Å²) >= 11 is 0. The standard InChI is InChI=1S/C19H25NO/c1-12-2-5-14(6-3-12)18(15-8-9-15)20-19(21)17-11-13-4-7-16(17)10-13/h2-3,5-6,13,15-18H,4,7-11H2,1H3,(H,20,21). The highest BCUT2D eigenvalue weighted by Gasteiger charge is 2.44. The third kappa shape index (κ3) is 2.61. The van der Waals surface area contributed by atoms with Crippen LogP contribution in [0.15, 0.2) is 24.3 Å². The number of aryl methyl sites for hydroxylation is 1. The number of amides is 1. The van der Waals surface area contributed by atoms with Gasteiger partial charge < -0.3 is 5.32 Å². The van der Waals surface area contributed by atoms with Crippen LogP contribution < -0.4 is 5.32 Å². The van der Waals surface area contributed by atoms with Crippen molar-refractivity contribution in [1.29, 1.82) is 0 Å². The highest BCUT2D eigenvalue weighted by Crippen LogP contribution is 2.49. The molecule has 3 fully saturated rings. The second-order valence-corrected chi connectivity index (χ2v) is 7.52. The van der Waals surface area contributed by atoms with E-state index < -0.39 is 0 Å². The molecule has 0 aromatic heterocycles. The molecular formula is C19H25NO. The quantitative estimate of drug-likeness (QED) is 0.889. The summed E-state index contributed by atoms with van der Waals surface area (Å²) in [7, 11) is 0. The molecule has 0 saturated heterocycles. The first kappa shape index (κ1) is 13.4. The number of benzene rings is 1. The van der Waals surface area contributed by atoms with E-state index in [9.17, 15) is 4.79 Å². The number of hydrogen-bond acceptors (Lipinski definition) is 1. The van der Waals surface area contributed by atoms with E-state index in [1.807, 2.05) is 0 Å². The fourth-order valence-electron chi connectivity index (χ4n) is 4.50. The summed E-state index contributed by atoms with van der Waals surface area (Å²) in [6.07, 6.45) is 7.60. The summed E-state index contributed by atoms with van der Waals surface area (Å²) in [5.41, 5.74) is 2.58. The summed E-state index contributed by atoms with van der Waals surface area (Å²) in [6, 6.07) is 8.96. The molecule has 0 radical (unpaired) electrons.